The van der Waals surface area contributed by atoms with Crippen LogP contribution in [0.5, 0.6) is 0 Å². The number of urea groups is 1. The first-order valence-corrected chi connectivity index (χ1v) is 13.4. The molecule has 5 rings (SSSR count). The maximum atomic E-state index is 14.1. The minimum atomic E-state index is -1.10. The van der Waals surface area contributed by atoms with Crippen molar-refractivity contribution in [3.63, 3.8) is 0 Å². The van der Waals surface area contributed by atoms with Crippen LogP contribution >= 0.6 is 11.3 Å². The second-order valence-corrected chi connectivity index (χ2v) is 11.1. The van der Waals surface area contributed by atoms with E-state index in [1.165, 1.54) is 9.78 Å². The Bertz CT molecular complexity index is 1240. The summed E-state index contributed by atoms with van der Waals surface area (Å²) < 4.78 is 0. The summed E-state index contributed by atoms with van der Waals surface area (Å²) in [5, 5.41) is 12.4. The quantitative estimate of drug-likeness (QED) is 0.520. The number of aliphatic carboxylic acids is 1. The van der Waals surface area contributed by atoms with Crippen molar-refractivity contribution in [1.82, 2.24) is 14.7 Å². The molecule has 0 saturated carbocycles. The van der Waals surface area contributed by atoms with Crippen molar-refractivity contribution >= 4 is 29.2 Å². The number of hydrogen-bond donors (Lipinski definition) is 1. The molecule has 3 heterocycles. The smallest absolute Gasteiger partial charge is 0.328 e. The van der Waals surface area contributed by atoms with Crippen LogP contribution in [0.25, 0.3) is 0 Å². The average molecular weight is 518 g/mol. The van der Waals surface area contributed by atoms with E-state index in [1.807, 2.05) is 73.0 Å². The largest absolute Gasteiger partial charge is 0.480 e. The van der Waals surface area contributed by atoms with Gasteiger partial charge in [0.05, 0.1) is 18.0 Å². The van der Waals surface area contributed by atoms with Crippen molar-refractivity contribution in [2.45, 2.75) is 50.4 Å². The molecule has 8 heteroatoms. The van der Waals surface area contributed by atoms with Crippen molar-refractivity contribution in [2.75, 3.05) is 13.6 Å². The van der Waals surface area contributed by atoms with Crippen LogP contribution in [0, 0.1) is 6.92 Å². The Balaban J connectivity index is 1.43. The summed E-state index contributed by atoms with van der Waals surface area (Å²) in [6.45, 7) is 2.70. The van der Waals surface area contributed by atoms with Gasteiger partial charge in [-0.15, -0.1) is 11.3 Å². The summed E-state index contributed by atoms with van der Waals surface area (Å²) in [7, 11) is 1.75. The van der Waals surface area contributed by atoms with E-state index in [0.717, 1.165) is 16.7 Å². The summed E-state index contributed by atoms with van der Waals surface area (Å²) in [5.74, 6) is -1.93. The summed E-state index contributed by atoms with van der Waals surface area (Å²) in [6.07, 6.45) is 1.24. The minimum Gasteiger partial charge on any atom is -0.480 e. The molecule has 0 aliphatic carbocycles. The Kier molecular flexibility index (Phi) is 7.02. The minimum absolute atomic E-state index is 0.183. The fourth-order valence-corrected chi connectivity index (χ4v) is 6.53. The molecule has 1 N–H and O–H groups in total. The van der Waals surface area contributed by atoms with Crippen LogP contribution in [0.15, 0.2) is 72.1 Å². The number of amides is 3. The molecule has 2 aliphatic rings. The number of carbonyl (C=O) groups is 3. The first-order chi connectivity index (χ1) is 17.8. The molecular formula is C29H31N3O4S. The van der Waals surface area contributed by atoms with Gasteiger partial charge in [-0.05, 0) is 47.9 Å². The van der Waals surface area contributed by atoms with Crippen LogP contribution in [0.4, 0.5) is 4.79 Å². The van der Waals surface area contributed by atoms with E-state index in [9.17, 15) is 19.5 Å². The van der Waals surface area contributed by atoms with Crippen molar-refractivity contribution in [3.8, 4) is 0 Å². The standard InChI is InChI=1S/C29H31N3O4S/c1-19-15-20(18-37-19)16-30(2)29(36)32-23-13-14-24(32)26(28(34)35)31(17-23)27(33)25(21-9-5-3-6-10-21)22-11-7-4-8-12-22/h3-12,15,18,23-26H,13-14,16-17H2,1-2H3,(H,34,35)/t23-,24+,26-/m0/s1. The molecule has 7 nitrogen and oxygen atoms in total. The predicted molar refractivity (Wildman–Crippen MR) is 142 cm³/mol. The molecule has 3 atom stereocenters. The third-order valence-electron chi connectivity index (χ3n) is 7.45. The Morgan fingerprint density at radius 1 is 1.03 bits per heavy atom. The van der Waals surface area contributed by atoms with E-state index in [1.54, 1.807) is 28.2 Å². The second-order valence-electron chi connectivity index (χ2n) is 9.94. The summed E-state index contributed by atoms with van der Waals surface area (Å²) >= 11 is 1.64. The van der Waals surface area contributed by atoms with Crippen molar-refractivity contribution in [3.05, 3.63) is 93.7 Å². The molecule has 0 spiro atoms. The summed E-state index contributed by atoms with van der Waals surface area (Å²) in [6, 6.07) is 19.0. The molecule has 2 bridgehead atoms. The van der Waals surface area contributed by atoms with Gasteiger partial charge in [-0.25, -0.2) is 9.59 Å². The van der Waals surface area contributed by atoms with Gasteiger partial charge in [0, 0.05) is 25.0 Å². The number of likely N-dealkylation sites (tertiary alicyclic amines) is 1. The van der Waals surface area contributed by atoms with Gasteiger partial charge < -0.3 is 19.8 Å². The molecule has 2 aromatic carbocycles. The first kappa shape index (κ1) is 25.0. The van der Waals surface area contributed by atoms with Gasteiger partial charge in [0.15, 0.2) is 0 Å². The number of fused-ring (bicyclic) bond motifs is 2. The molecule has 37 heavy (non-hydrogen) atoms. The molecule has 2 saturated heterocycles. The zero-order chi connectivity index (χ0) is 26.1. The molecule has 2 aliphatic heterocycles. The van der Waals surface area contributed by atoms with Crippen LogP contribution in [-0.2, 0) is 16.1 Å². The van der Waals surface area contributed by atoms with Gasteiger partial charge in [-0.1, -0.05) is 60.7 Å². The van der Waals surface area contributed by atoms with Crippen LogP contribution in [0.2, 0.25) is 0 Å². The van der Waals surface area contributed by atoms with E-state index in [4.69, 9.17) is 0 Å². The third-order valence-corrected chi connectivity index (χ3v) is 8.37. The highest BCUT2D eigenvalue weighted by atomic mass is 32.1. The van der Waals surface area contributed by atoms with E-state index in [2.05, 4.69) is 6.07 Å². The highest BCUT2D eigenvalue weighted by molar-refractivity contribution is 7.10. The Morgan fingerprint density at radius 2 is 1.65 bits per heavy atom. The summed E-state index contributed by atoms with van der Waals surface area (Å²) in [5.41, 5.74) is 2.70. The SMILES string of the molecule is Cc1cc(CN(C)C(=O)N2[C@H]3CC[C@@H]2[C@@H](C(=O)O)N(C(=O)C(c2ccccc2)c2ccccc2)C3)cs1. The lowest BCUT2D eigenvalue weighted by molar-refractivity contribution is -0.156. The highest BCUT2D eigenvalue weighted by Crippen LogP contribution is 2.38. The number of carboxylic acid groups (broad SMARTS) is 1. The van der Waals surface area contributed by atoms with Gasteiger partial charge >= 0.3 is 12.0 Å². The maximum absolute atomic E-state index is 14.1. The van der Waals surface area contributed by atoms with Crippen LogP contribution in [-0.4, -0.2) is 69.4 Å². The molecule has 0 unspecified atom stereocenters. The lowest BCUT2D eigenvalue weighted by Gasteiger charge is -2.46. The van der Waals surface area contributed by atoms with Gasteiger partial charge in [0.25, 0.3) is 0 Å². The topological polar surface area (TPSA) is 81.2 Å². The van der Waals surface area contributed by atoms with E-state index >= 15 is 0 Å². The monoisotopic (exact) mass is 517 g/mol. The molecule has 3 aromatic rings. The van der Waals surface area contributed by atoms with Gasteiger partial charge in [0.2, 0.25) is 5.91 Å². The van der Waals surface area contributed by atoms with Crippen LogP contribution in [0.3, 0.4) is 0 Å². The predicted octanol–water partition coefficient (Wildman–Crippen LogP) is 4.57. The number of hydrogen-bond acceptors (Lipinski definition) is 4. The van der Waals surface area contributed by atoms with E-state index in [0.29, 0.717) is 19.4 Å². The molecule has 0 radical (unpaired) electrons. The van der Waals surface area contributed by atoms with E-state index < -0.39 is 24.0 Å². The van der Waals surface area contributed by atoms with Gasteiger partial charge in [-0.3, -0.25) is 4.79 Å². The van der Waals surface area contributed by atoms with Gasteiger partial charge in [0.1, 0.15) is 6.04 Å². The molecule has 2 fully saturated rings. The zero-order valence-electron chi connectivity index (χ0n) is 21.0. The van der Waals surface area contributed by atoms with Gasteiger partial charge in [-0.2, -0.15) is 0 Å². The lowest BCUT2D eigenvalue weighted by Crippen LogP contribution is -2.66. The molecular weight excluding hydrogens is 486 g/mol. The van der Waals surface area contributed by atoms with Crippen molar-refractivity contribution < 1.29 is 19.5 Å². The fourth-order valence-electron chi connectivity index (χ4n) is 5.83. The Hall–Kier alpha value is -3.65. The Morgan fingerprint density at radius 3 is 2.19 bits per heavy atom. The van der Waals surface area contributed by atoms with Crippen molar-refractivity contribution in [2.24, 2.45) is 0 Å². The van der Waals surface area contributed by atoms with Crippen LogP contribution in [0.1, 0.15) is 40.3 Å². The number of aryl methyl sites for hydroxylation is 1. The number of piperazine rings is 1. The van der Waals surface area contributed by atoms with Crippen LogP contribution < -0.4 is 0 Å². The second kappa shape index (κ2) is 10.4. The Labute approximate surface area is 220 Å². The third kappa shape index (κ3) is 4.85. The maximum Gasteiger partial charge on any atom is 0.328 e. The number of benzene rings is 2. The van der Waals surface area contributed by atoms with Crippen molar-refractivity contribution in [1.29, 1.82) is 0 Å². The lowest BCUT2D eigenvalue weighted by atomic mass is 9.88. The summed E-state index contributed by atoms with van der Waals surface area (Å²) in [4.78, 5) is 46.4. The molecule has 3 amide bonds. The number of carbonyl (C=O) groups excluding carboxylic acids is 2. The molecule has 192 valence electrons. The number of nitrogens with zero attached hydrogens (tertiary/aromatic N) is 3. The van der Waals surface area contributed by atoms with E-state index in [-0.39, 0.29) is 24.5 Å². The number of carboxylic acids is 1. The highest BCUT2D eigenvalue weighted by Gasteiger charge is 2.54. The molecule has 1 aromatic heterocycles. The average Bonchev–Trinajstić information content (AvgIpc) is 3.44. The fraction of sp³-hybridized carbons (Fsp3) is 0.345. The number of thiophene rings is 1. The normalized spacial score (nSPS) is 20.8. The number of rotatable bonds is 6. The first-order valence-electron chi connectivity index (χ1n) is 12.6. The zero-order valence-corrected chi connectivity index (χ0v) is 21.8.